The van der Waals surface area contributed by atoms with Gasteiger partial charge in [-0.25, -0.2) is 0 Å². The fourth-order valence-corrected chi connectivity index (χ4v) is 4.31. The molecule has 0 saturated carbocycles. The van der Waals surface area contributed by atoms with Crippen LogP contribution in [0.5, 0.6) is 5.75 Å². The maximum absolute atomic E-state index is 13.2. The van der Waals surface area contributed by atoms with Crippen LogP contribution in [0.15, 0.2) is 54.6 Å². The zero-order valence-electron chi connectivity index (χ0n) is 21.8. The standard InChI is InChI=1S/C31H44O4/c1-3-4-5-6-7-8-9-10-11-12-13-14-18-24-29(32)35-31(26-20-16-15-17-21-26)30(33)27-22-19-23-28(25-27)34-2/h15-17,19-23,25,31H,3-14,18,24H2,1-2H3. The van der Waals surface area contributed by atoms with Crippen LogP contribution in [0.2, 0.25) is 0 Å². The number of hydrogen-bond acceptors (Lipinski definition) is 4. The minimum Gasteiger partial charge on any atom is -0.497 e. The largest absolute Gasteiger partial charge is 0.497 e. The van der Waals surface area contributed by atoms with Crippen LogP contribution < -0.4 is 4.74 Å². The third-order valence-corrected chi connectivity index (χ3v) is 6.43. The van der Waals surface area contributed by atoms with E-state index in [1.807, 2.05) is 30.3 Å². The summed E-state index contributed by atoms with van der Waals surface area (Å²) in [6.07, 6.45) is 15.7. The molecule has 0 aliphatic carbocycles. The Bertz CT molecular complexity index is 846. The normalized spacial score (nSPS) is 11.7. The monoisotopic (exact) mass is 480 g/mol. The lowest BCUT2D eigenvalue weighted by molar-refractivity contribution is -0.147. The number of rotatable bonds is 19. The number of benzene rings is 2. The van der Waals surface area contributed by atoms with Crippen molar-refractivity contribution in [2.24, 2.45) is 0 Å². The summed E-state index contributed by atoms with van der Waals surface area (Å²) >= 11 is 0. The van der Waals surface area contributed by atoms with Gasteiger partial charge in [-0.15, -0.1) is 0 Å². The summed E-state index contributed by atoms with van der Waals surface area (Å²) in [5.41, 5.74) is 1.14. The Kier molecular flexibility index (Phi) is 14.5. The number of ether oxygens (including phenoxy) is 2. The van der Waals surface area contributed by atoms with E-state index in [4.69, 9.17) is 9.47 Å². The number of esters is 1. The highest BCUT2D eigenvalue weighted by Crippen LogP contribution is 2.25. The summed E-state index contributed by atoms with van der Waals surface area (Å²) in [7, 11) is 1.56. The molecule has 35 heavy (non-hydrogen) atoms. The Labute approximate surface area is 212 Å². The summed E-state index contributed by atoms with van der Waals surface area (Å²) in [4.78, 5) is 25.8. The first-order chi connectivity index (χ1) is 17.2. The molecule has 0 aliphatic heterocycles. The highest BCUT2D eigenvalue weighted by atomic mass is 16.5. The van der Waals surface area contributed by atoms with Crippen molar-refractivity contribution in [1.29, 1.82) is 0 Å². The fraction of sp³-hybridized carbons (Fsp3) is 0.548. The van der Waals surface area contributed by atoms with E-state index in [1.165, 1.54) is 64.2 Å². The highest BCUT2D eigenvalue weighted by molar-refractivity contribution is 6.01. The third-order valence-electron chi connectivity index (χ3n) is 6.43. The van der Waals surface area contributed by atoms with Gasteiger partial charge in [-0.3, -0.25) is 9.59 Å². The molecule has 2 aromatic carbocycles. The van der Waals surface area contributed by atoms with Crippen molar-refractivity contribution in [2.75, 3.05) is 7.11 Å². The van der Waals surface area contributed by atoms with Gasteiger partial charge in [0.2, 0.25) is 5.78 Å². The van der Waals surface area contributed by atoms with E-state index in [2.05, 4.69) is 6.92 Å². The number of carbonyl (C=O) groups is 2. The molecular formula is C31H44O4. The van der Waals surface area contributed by atoms with Crippen LogP contribution >= 0.6 is 0 Å². The maximum Gasteiger partial charge on any atom is 0.306 e. The van der Waals surface area contributed by atoms with Gasteiger partial charge in [-0.2, -0.15) is 0 Å². The van der Waals surface area contributed by atoms with Gasteiger partial charge in [0.15, 0.2) is 6.10 Å². The van der Waals surface area contributed by atoms with Crippen LogP contribution in [-0.4, -0.2) is 18.9 Å². The maximum atomic E-state index is 13.2. The van der Waals surface area contributed by atoms with E-state index in [9.17, 15) is 9.59 Å². The summed E-state index contributed by atoms with van der Waals surface area (Å²) in [6, 6.07) is 16.2. The molecule has 192 valence electrons. The molecule has 4 heteroatoms. The number of hydrogen-bond donors (Lipinski definition) is 0. The summed E-state index contributed by atoms with van der Waals surface area (Å²) < 4.78 is 10.9. The lowest BCUT2D eigenvalue weighted by Gasteiger charge is -2.18. The Morgan fingerprint density at radius 2 is 1.29 bits per heavy atom. The molecule has 0 aliphatic rings. The topological polar surface area (TPSA) is 52.6 Å². The molecule has 4 nitrogen and oxygen atoms in total. The third kappa shape index (κ3) is 11.6. The first-order valence-corrected chi connectivity index (χ1v) is 13.6. The van der Waals surface area contributed by atoms with Gasteiger partial charge in [-0.1, -0.05) is 126 Å². The molecule has 0 heterocycles. The lowest BCUT2D eigenvalue weighted by Crippen LogP contribution is -2.20. The molecule has 2 aromatic rings. The molecule has 1 atom stereocenters. The lowest BCUT2D eigenvalue weighted by atomic mass is 9.99. The van der Waals surface area contributed by atoms with E-state index in [1.54, 1.807) is 31.4 Å². The highest BCUT2D eigenvalue weighted by Gasteiger charge is 2.26. The van der Waals surface area contributed by atoms with Gasteiger partial charge in [0.05, 0.1) is 7.11 Å². The van der Waals surface area contributed by atoms with Crippen molar-refractivity contribution in [3.8, 4) is 5.75 Å². The average Bonchev–Trinajstić information content (AvgIpc) is 2.90. The van der Waals surface area contributed by atoms with E-state index >= 15 is 0 Å². The molecule has 0 saturated heterocycles. The Hall–Kier alpha value is -2.62. The molecule has 0 amide bonds. The van der Waals surface area contributed by atoms with E-state index < -0.39 is 6.10 Å². The first-order valence-electron chi connectivity index (χ1n) is 13.6. The molecule has 0 N–H and O–H groups in total. The smallest absolute Gasteiger partial charge is 0.306 e. The van der Waals surface area contributed by atoms with Gasteiger partial charge in [0, 0.05) is 17.5 Å². The molecule has 0 bridgehead atoms. The predicted octanol–water partition coefficient (Wildman–Crippen LogP) is 8.64. The number of unbranched alkanes of at least 4 members (excludes halogenated alkanes) is 12. The molecule has 0 fully saturated rings. The zero-order chi connectivity index (χ0) is 25.1. The van der Waals surface area contributed by atoms with E-state index in [0.29, 0.717) is 23.3 Å². The van der Waals surface area contributed by atoms with Crippen molar-refractivity contribution in [2.45, 2.75) is 103 Å². The fourth-order valence-electron chi connectivity index (χ4n) is 4.31. The second-order valence-electron chi connectivity index (χ2n) is 9.37. The number of Topliss-reactive ketones (excluding diaryl/α,β-unsaturated/α-hetero) is 1. The van der Waals surface area contributed by atoms with E-state index in [-0.39, 0.29) is 11.8 Å². The molecule has 1 unspecified atom stereocenters. The first kappa shape index (κ1) is 28.6. The van der Waals surface area contributed by atoms with Gasteiger partial charge in [0.25, 0.3) is 0 Å². The minimum absolute atomic E-state index is 0.242. The van der Waals surface area contributed by atoms with Crippen LogP contribution in [0, 0.1) is 0 Å². The Balaban J connectivity index is 1.70. The molecule has 2 rings (SSSR count). The van der Waals surface area contributed by atoms with E-state index in [0.717, 1.165) is 19.3 Å². The minimum atomic E-state index is -0.947. The number of methoxy groups -OCH3 is 1. The van der Waals surface area contributed by atoms with Gasteiger partial charge >= 0.3 is 5.97 Å². The molecular weight excluding hydrogens is 436 g/mol. The van der Waals surface area contributed by atoms with Crippen molar-refractivity contribution in [3.63, 3.8) is 0 Å². The Morgan fingerprint density at radius 3 is 1.86 bits per heavy atom. The quantitative estimate of drug-likeness (QED) is 0.115. The van der Waals surface area contributed by atoms with Crippen molar-refractivity contribution < 1.29 is 19.1 Å². The van der Waals surface area contributed by atoms with Crippen molar-refractivity contribution in [1.82, 2.24) is 0 Å². The van der Waals surface area contributed by atoms with Crippen molar-refractivity contribution in [3.05, 3.63) is 65.7 Å². The van der Waals surface area contributed by atoms with Crippen LogP contribution in [0.25, 0.3) is 0 Å². The number of carbonyl (C=O) groups excluding carboxylic acids is 2. The van der Waals surface area contributed by atoms with Crippen LogP contribution in [0.3, 0.4) is 0 Å². The van der Waals surface area contributed by atoms with Gasteiger partial charge in [-0.05, 0) is 18.6 Å². The summed E-state index contributed by atoms with van der Waals surface area (Å²) in [5.74, 6) is 0.0351. The predicted molar refractivity (Wildman–Crippen MR) is 143 cm³/mol. The van der Waals surface area contributed by atoms with Crippen LogP contribution in [0.4, 0.5) is 0 Å². The second kappa shape index (κ2) is 17.8. The SMILES string of the molecule is CCCCCCCCCCCCCCCC(=O)OC(C(=O)c1cccc(OC)c1)c1ccccc1. The molecule has 0 spiro atoms. The Morgan fingerprint density at radius 1 is 0.714 bits per heavy atom. The van der Waals surface area contributed by atoms with Crippen LogP contribution in [0.1, 0.15) is 119 Å². The average molecular weight is 481 g/mol. The second-order valence-corrected chi connectivity index (χ2v) is 9.37. The zero-order valence-corrected chi connectivity index (χ0v) is 21.8. The molecule has 0 aromatic heterocycles. The summed E-state index contributed by atoms with van der Waals surface area (Å²) in [6.45, 7) is 2.26. The summed E-state index contributed by atoms with van der Waals surface area (Å²) in [5, 5.41) is 0. The van der Waals surface area contributed by atoms with Gasteiger partial charge in [0.1, 0.15) is 5.75 Å². The van der Waals surface area contributed by atoms with Gasteiger partial charge < -0.3 is 9.47 Å². The van der Waals surface area contributed by atoms with Crippen LogP contribution in [-0.2, 0) is 9.53 Å². The number of ketones is 1. The molecule has 0 radical (unpaired) electrons. The van der Waals surface area contributed by atoms with Crippen molar-refractivity contribution >= 4 is 11.8 Å².